The number of rotatable bonds is 11. The van der Waals surface area contributed by atoms with Crippen molar-refractivity contribution >= 4 is 46.7 Å². The van der Waals surface area contributed by atoms with Crippen LogP contribution in [0.15, 0.2) is 72.8 Å². The Balaban J connectivity index is 1.08. The lowest BCUT2D eigenvalue weighted by molar-refractivity contribution is -0.148. The fourth-order valence-electron chi connectivity index (χ4n) is 6.90. The first-order chi connectivity index (χ1) is 23.6. The number of methoxy groups -OCH3 is 1. The van der Waals surface area contributed by atoms with Crippen LogP contribution in [0.25, 0.3) is 0 Å². The molecule has 0 saturated carbocycles. The van der Waals surface area contributed by atoms with Gasteiger partial charge in [-0.15, -0.1) is 0 Å². The molecule has 6 rings (SSSR count). The SMILES string of the molecule is COc1ccc2c3c1O[C@H]1C[C@@H](OC(=O)CNC(=O)C(Cc4ccccc4)NC(=O)C(C)Nc4ccc(Cl)c(Cl)c4)C=C[C@@]31CCN(C)C2. The lowest BCUT2D eigenvalue weighted by atomic mass is 9.69. The van der Waals surface area contributed by atoms with Crippen LogP contribution in [0.1, 0.15) is 36.5 Å². The van der Waals surface area contributed by atoms with Crippen LogP contribution in [0.2, 0.25) is 10.0 Å². The first-order valence-electron chi connectivity index (χ1n) is 16.3. The Morgan fingerprint density at radius 3 is 2.61 bits per heavy atom. The van der Waals surface area contributed by atoms with Gasteiger partial charge < -0.3 is 35.1 Å². The van der Waals surface area contributed by atoms with Gasteiger partial charge >= 0.3 is 5.97 Å². The van der Waals surface area contributed by atoms with E-state index in [0.29, 0.717) is 27.9 Å². The Hall–Kier alpha value is -4.25. The Morgan fingerprint density at radius 2 is 1.86 bits per heavy atom. The molecule has 12 heteroatoms. The topological polar surface area (TPSA) is 118 Å². The van der Waals surface area contributed by atoms with Gasteiger partial charge in [-0.1, -0.05) is 65.7 Å². The summed E-state index contributed by atoms with van der Waals surface area (Å²) in [4.78, 5) is 42.0. The Kier molecular flexibility index (Phi) is 10.4. The summed E-state index contributed by atoms with van der Waals surface area (Å²) in [6.45, 7) is 3.02. The van der Waals surface area contributed by atoms with E-state index in [0.717, 1.165) is 36.4 Å². The number of esters is 1. The monoisotopic (exact) mass is 706 g/mol. The van der Waals surface area contributed by atoms with Crippen molar-refractivity contribution in [3.05, 3.63) is 99.6 Å². The van der Waals surface area contributed by atoms with E-state index < -0.39 is 36.0 Å². The van der Waals surface area contributed by atoms with Gasteiger partial charge in [-0.25, -0.2) is 0 Å². The molecule has 5 atom stereocenters. The van der Waals surface area contributed by atoms with Crippen molar-refractivity contribution < 1.29 is 28.6 Å². The number of hydrogen-bond donors (Lipinski definition) is 3. The van der Waals surface area contributed by atoms with Crippen molar-refractivity contribution in [1.82, 2.24) is 15.5 Å². The van der Waals surface area contributed by atoms with Gasteiger partial charge in [-0.05, 0) is 68.4 Å². The van der Waals surface area contributed by atoms with Gasteiger partial charge in [-0.2, -0.15) is 0 Å². The van der Waals surface area contributed by atoms with Crippen LogP contribution in [-0.2, 0) is 37.5 Å². The number of anilines is 1. The standard InChI is InChI=1S/C37H40Cl2N4O6/c1-22(41-25-10-11-27(38)28(39)18-25)35(45)42-29(17-23-7-5-4-6-8-23)36(46)40-20-32(44)48-26-13-14-37-15-16-43(2)21-24-9-12-30(47-3)34(33(24)37)49-31(37)19-26/h4-14,18,22,26,29,31,41H,15-17,19-21H2,1-3H3,(H,40,46)(H,42,45)/t22?,26-,29?,31-,37-/m0/s1. The number of nitrogens with one attached hydrogen (secondary N) is 3. The summed E-state index contributed by atoms with van der Waals surface area (Å²) in [6.07, 6.45) is 4.86. The largest absolute Gasteiger partial charge is 0.493 e. The predicted octanol–water partition coefficient (Wildman–Crippen LogP) is 5.05. The summed E-state index contributed by atoms with van der Waals surface area (Å²) in [6, 6.07) is 16.7. The highest BCUT2D eigenvalue weighted by atomic mass is 35.5. The van der Waals surface area contributed by atoms with Crippen LogP contribution < -0.4 is 25.4 Å². The zero-order valence-corrected chi connectivity index (χ0v) is 29.1. The molecule has 3 aromatic rings. The summed E-state index contributed by atoms with van der Waals surface area (Å²) in [5.41, 5.74) is 3.47. The summed E-state index contributed by atoms with van der Waals surface area (Å²) >= 11 is 12.1. The molecule has 3 N–H and O–H groups in total. The molecule has 10 nitrogen and oxygen atoms in total. The molecule has 0 bridgehead atoms. The third kappa shape index (κ3) is 7.51. The molecule has 2 aliphatic heterocycles. The summed E-state index contributed by atoms with van der Waals surface area (Å²) in [7, 11) is 3.75. The number of halogens is 2. The highest BCUT2D eigenvalue weighted by molar-refractivity contribution is 6.42. The van der Waals surface area contributed by atoms with Gasteiger partial charge in [0.05, 0.1) is 22.6 Å². The zero-order valence-electron chi connectivity index (χ0n) is 27.6. The van der Waals surface area contributed by atoms with Crippen molar-refractivity contribution in [2.75, 3.05) is 32.6 Å². The second-order valence-corrected chi connectivity index (χ2v) is 13.7. The van der Waals surface area contributed by atoms with Crippen molar-refractivity contribution in [3.8, 4) is 11.5 Å². The maximum Gasteiger partial charge on any atom is 0.326 e. The van der Waals surface area contributed by atoms with E-state index in [1.54, 1.807) is 32.2 Å². The minimum Gasteiger partial charge on any atom is -0.493 e. The number of hydrogen-bond acceptors (Lipinski definition) is 8. The lowest BCUT2D eigenvalue weighted by Crippen LogP contribution is -2.52. The summed E-state index contributed by atoms with van der Waals surface area (Å²) in [5, 5.41) is 9.31. The third-order valence-corrected chi connectivity index (χ3v) is 10.2. The highest BCUT2D eigenvalue weighted by Crippen LogP contribution is 2.55. The molecule has 0 saturated heterocycles. The maximum atomic E-state index is 13.4. The van der Waals surface area contributed by atoms with Gasteiger partial charge in [0.1, 0.15) is 30.8 Å². The van der Waals surface area contributed by atoms with Gasteiger partial charge in [-0.3, -0.25) is 14.4 Å². The van der Waals surface area contributed by atoms with E-state index in [1.807, 2.05) is 42.5 Å². The first kappa shape index (κ1) is 34.6. The Morgan fingerprint density at radius 1 is 1.06 bits per heavy atom. The molecule has 0 aromatic heterocycles. The molecule has 1 spiro atoms. The Bertz CT molecular complexity index is 1750. The van der Waals surface area contributed by atoms with Crippen molar-refractivity contribution in [2.45, 2.75) is 62.4 Å². The normalized spacial score (nSPS) is 22.0. The summed E-state index contributed by atoms with van der Waals surface area (Å²) in [5.74, 6) is -0.0535. The number of carbonyl (C=O) groups excluding carboxylic acids is 3. The van der Waals surface area contributed by atoms with Gasteiger partial charge in [0.25, 0.3) is 0 Å². The molecular weight excluding hydrogens is 667 g/mol. The maximum absolute atomic E-state index is 13.4. The minimum absolute atomic E-state index is 0.223. The zero-order chi connectivity index (χ0) is 34.7. The van der Waals surface area contributed by atoms with E-state index in [1.165, 1.54) is 5.56 Å². The fraction of sp³-hybridized carbons (Fsp3) is 0.378. The molecule has 258 valence electrons. The van der Waals surface area contributed by atoms with Crippen molar-refractivity contribution in [3.63, 3.8) is 0 Å². The lowest BCUT2D eigenvalue weighted by Gasteiger charge is -2.36. The van der Waals surface area contributed by atoms with Crippen molar-refractivity contribution in [2.24, 2.45) is 0 Å². The molecule has 3 aliphatic rings. The average Bonchev–Trinajstić information content (AvgIpc) is 3.35. The average molecular weight is 708 g/mol. The highest BCUT2D eigenvalue weighted by Gasteiger charge is 2.53. The molecule has 49 heavy (non-hydrogen) atoms. The number of carbonyl (C=O) groups is 3. The molecule has 0 fully saturated rings. The van der Waals surface area contributed by atoms with Gasteiger partial charge in [0.2, 0.25) is 11.8 Å². The smallest absolute Gasteiger partial charge is 0.326 e. The van der Waals surface area contributed by atoms with Gasteiger partial charge in [0.15, 0.2) is 11.5 Å². The number of nitrogens with zero attached hydrogens (tertiary/aromatic N) is 1. The van der Waals surface area contributed by atoms with Crippen LogP contribution in [-0.4, -0.2) is 74.2 Å². The number of benzene rings is 3. The van der Waals surface area contributed by atoms with E-state index in [2.05, 4.69) is 40.0 Å². The molecule has 3 aromatic carbocycles. The third-order valence-electron chi connectivity index (χ3n) is 9.43. The van der Waals surface area contributed by atoms with Crippen LogP contribution in [0.5, 0.6) is 11.5 Å². The van der Waals surface area contributed by atoms with Crippen LogP contribution in [0, 0.1) is 0 Å². The fourth-order valence-corrected chi connectivity index (χ4v) is 7.20. The first-order valence-corrected chi connectivity index (χ1v) is 17.1. The molecular formula is C37H40Cl2N4O6. The van der Waals surface area contributed by atoms with E-state index >= 15 is 0 Å². The second kappa shape index (κ2) is 14.7. The van der Waals surface area contributed by atoms with Crippen LogP contribution in [0.3, 0.4) is 0 Å². The van der Waals surface area contributed by atoms with Crippen LogP contribution in [0.4, 0.5) is 5.69 Å². The minimum atomic E-state index is -0.946. The van der Waals surface area contributed by atoms with Gasteiger partial charge in [0, 0.05) is 30.6 Å². The summed E-state index contributed by atoms with van der Waals surface area (Å²) < 4.78 is 18.0. The van der Waals surface area contributed by atoms with Crippen LogP contribution >= 0.6 is 23.2 Å². The Labute approximate surface area is 296 Å². The number of amides is 2. The molecule has 1 aliphatic carbocycles. The van der Waals surface area contributed by atoms with E-state index in [-0.39, 0.29) is 24.5 Å². The predicted molar refractivity (Wildman–Crippen MR) is 188 cm³/mol. The van der Waals surface area contributed by atoms with Crippen molar-refractivity contribution in [1.29, 1.82) is 0 Å². The second-order valence-electron chi connectivity index (χ2n) is 12.9. The number of ether oxygens (including phenoxy) is 3. The molecule has 2 unspecified atom stereocenters. The van der Waals surface area contributed by atoms with E-state index in [4.69, 9.17) is 37.4 Å². The molecule has 0 radical (unpaired) electrons. The quantitative estimate of drug-likeness (QED) is 0.187. The van der Waals surface area contributed by atoms with E-state index in [9.17, 15) is 14.4 Å². The molecule has 2 amide bonds. The molecule has 2 heterocycles.